The Hall–Kier alpha value is -3.09. The zero-order chi connectivity index (χ0) is 17.5. The van der Waals surface area contributed by atoms with Gasteiger partial charge in [0.05, 0.1) is 27.5 Å². The number of halogens is 1. The highest BCUT2D eigenvalue weighted by Crippen LogP contribution is 2.37. The number of hydrazone groups is 1. The maximum atomic E-state index is 13.1. The van der Waals surface area contributed by atoms with Gasteiger partial charge in [0, 0.05) is 11.1 Å². The third kappa shape index (κ3) is 4.01. The number of rotatable bonds is 6. The van der Waals surface area contributed by atoms with Crippen molar-refractivity contribution < 1.29 is 23.4 Å². The molecule has 0 fully saturated rings. The Morgan fingerprint density at radius 1 is 1.08 bits per heavy atom. The summed E-state index contributed by atoms with van der Waals surface area (Å²) in [5.74, 6) is 0.389. The quantitative estimate of drug-likeness (QED) is 0.652. The second-order valence-corrected chi connectivity index (χ2v) is 4.67. The van der Waals surface area contributed by atoms with E-state index in [1.54, 1.807) is 12.1 Å². The predicted molar refractivity (Wildman–Crippen MR) is 87.6 cm³/mol. The van der Waals surface area contributed by atoms with Crippen LogP contribution in [-0.4, -0.2) is 33.5 Å². The molecule has 0 aliphatic rings. The summed E-state index contributed by atoms with van der Waals surface area (Å²) in [6, 6.07) is 8.69. The molecule has 126 valence electrons. The van der Waals surface area contributed by atoms with Crippen LogP contribution in [0.4, 0.5) is 4.39 Å². The molecule has 2 aromatic rings. The predicted octanol–water partition coefficient (Wildman–Crippen LogP) is 2.62. The van der Waals surface area contributed by atoms with Crippen molar-refractivity contribution in [3.63, 3.8) is 0 Å². The van der Waals surface area contributed by atoms with Crippen molar-refractivity contribution in [1.82, 2.24) is 5.43 Å². The van der Waals surface area contributed by atoms with E-state index >= 15 is 0 Å². The molecule has 7 heteroatoms. The van der Waals surface area contributed by atoms with Gasteiger partial charge < -0.3 is 14.2 Å². The van der Waals surface area contributed by atoms with Gasteiger partial charge in [0.15, 0.2) is 11.5 Å². The number of nitrogens with one attached hydrogen (secondary N) is 1. The number of hydrogen-bond acceptors (Lipinski definition) is 5. The van der Waals surface area contributed by atoms with E-state index in [2.05, 4.69) is 10.5 Å². The lowest BCUT2D eigenvalue weighted by Crippen LogP contribution is -2.17. The molecule has 0 saturated carbocycles. The summed E-state index contributed by atoms with van der Waals surface area (Å²) in [6.07, 6.45) is 1.42. The van der Waals surface area contributed by atoms with E-state index in [4.69, 9.17) is 14.2 Å². The molecule has 0 aliphatic carbocycles. The second-order valence-electron chi connectivity index (χ2n) is 4.67. The number of hydrogen-bond donors (Lipinski definition) is 1. The van der Waals surface area contributed by atoms with Gasteiger partial charge in [-0.15, -0.1) is 0 Å². The van der Waals surface area contributed by atoms with Gasteiger partial charge in [-0.1, -0.05) is 6.07 Å². The fourth-order valence-electron chi connectivity index (χ4n) is 2.04. The van der Waals surface area contributed by atoms with Gasteiger partial charge in [0.1, 0.15) is 5.82 Å². The van der Waals surface area contributed by atoms with Crippen LogP contribution < -0.4 is 19.6 Å². The molecule has 0 aliphatic heterocycles. The van der Waals surface area contributed by atoms with E-state index < -0.39 is 11.7 Å². The number of amides is 1. The van der Waals surface area contributed by atoms with Gasteiger partial charge in [-0.3, -0.25) is 4.79 Å². The number of methoxy groups -OCH3 is 3. The monoisotopic (exact) mass is 332 g/mol. The van der Waals surface area contributed by atoms with Gasteiger partial charge in [0.2, 0.25) is 5.75 Å². The molecule has 0 radical (unpaired) electrons. The molecule has 2 aromatic carbocycles. The molecule has 0 spiro atoms. The fourth-order valence-corrected chi connectivity index (χ4v) is 2.04. The van der Waals surface area contributed by atoms with Crippen LogP contribution in [0.3, 0.4) is 0 Å². The maximum absolute atomic E-state index is 13.1. The summed E-state index contributed by atoms with van der Waals surface area (Å²) in [4.78, 5) is 11.9. The summed E-state index contributed by atoms with van der Waals surface area (Å²) < 4.78 is 28.8. The van der Waals surface area contributed by atoms with Crippen LogP contribution in [0.15, 0.2) is 41.5 Å². The van der Waals surface area contributed by atoms with E-state index in [0.29, 0.717) is 22.8 Å². The van der Waals surface area contributed by atoms with E-state index in [9.17, 15) is 9.18 Å². The molecule has 24 heavy (non-hydrogen) atoms. The van der Waals surface area contributed by atoms with Crippen LogP contribution in [0.2, 0.25) is 0 Å². The van der Waals surface area contributed by atoms with Gasteiger partial charge in [-0.05, 0) is 30.3 Å². The average molecular weight is 332 g/mol. The molecule has 0 atom stereocenters. The van der Waals surface area contributed by atoms with Crippen molar-refractivity contribution in [2.75, 3.05) is 21.3 Å². The lowest BCUT2D eigenvalue weighted by molar-refractivity contribution is 0.0954. The highest BCUT2D eigenvalue weighted by molar-refractivity contribution is 5.95. The summed E-state index contributed by atoms with van der Waals surface area (Å²) in [5, 5.41) is 3.85. The van der Waals surface area contributed by atoms with Gasteiger partial charge in [0.25, 0.3) is 5.91 Å². The summed E-state index contributed by atoms with van der Waals surface area (Å²) >= 11 is 0. The Balaban J connectivity index is 2.15. The van der Waals surface area contributed by atoms with Crippen LogP contribution in [0, 0.1) is 5.82 Å². The topological polar surface area (TPSA) is 69.2 Å². The van der Waals surface area contributed by atoms with E-state index in [1.165, 1.54) is 45.7 Å². The zero-order valence-electron chi connectivity index (χ0n) is 13.5. The first-order chi connectivity index (χ1) is 11.6. The van der Waals surface area contributed by atoms with Crippen molar-refractivity contribution in [3.05, 3.63) is 53.3 Å². The molecule has 0 aromatic heterocycles. The second kappa shape index (κ2) is 7.96. The maximum Gasteiger partial charge on any atom is 0.271 e. The first kappa shape index (κ1) is 17.3. The van der Waals surface area contributed by atoms with Gasteiger partial charge in [-0.25, -0.2) is 9.82 Å². The number of carbonyl (C=O) groups excluding carboxylic acids is 1. The van der Waals surface area contributed by atoms with Crippen LogP contribution in [-0.2, 0) is 0 Å². The van der Waals surface area contributed by atoms with Crippen LogP contribution in [0.1, 0.15) is 15.9 Å². The zero-order valence-corrected chi connectivity index (χ0v) is 13.5. The van der Waals surface area contributed by atoms with E-state index in [0.717, 1.165) is 6.07 Å². The number of nitrogens with zero attached hydrogens (tertiary/aromatic N) is 1. The summed E-state index contributed by atoms with van der Waals surface area (Å²) in [7, 11) is 4.52. The smallest absolute Gasteiger partial charge is 0.271 e. The fraction of sp³-hybridized carbons (Fsp3) is 0.176. The van der Waals surface area contributed by atoms with Crippen LogP contribution >= 0.6 is 0 Å². The molecule has 0 bridgehead atoms. The third-order valence-electron chi connectivity index (χ3n) is 3.15. The Labute approximate surface area is 138 Å². The Morgan fingerprint density at radius 2 is 1.75 bits per heavy atom. The standard InChI is InChI=1S/C17H17FN2O4/c1-22-14-7-11(8-15(23-2)16(14)24-3)10-19-20-17(21)12-5-4-6-13(18)9-12/h4-10H,1-3H3,(H,20,21)/b19-10-. The number of ether oxygens (including phenoxy) is 3. The van der Waals surface area contributed by atoms with E-state index in [-0.39, 0.29) is 5.56 Å². The normalized spacial score (nSPS) is 10.5. The average Bonchev–Trinajstić information content (AvgIpc) is 2.60. The minimum Gasteiger partial charge on any atom is -0.493 e. The minimum absolute atomic E-state index is 0.178. The number of carbonyl (C=O) groups is 1. The van der Waals surface area contributed by atoms with Crippen LogP contribution in [0.5, 0.6) is 17.2 Å². The van der Waals surface area contributed by atoms with E-state index in [1.807, 2.05) is 0 Å². The third-order valence-corrected chi connectivity index (χ3v) is 3.15. The summed E-state index contributed by atoms with van der Waals surface area (Å²) in [6.45, 7) is 0. The minimum atomic E-state index is -0.516. The Bertz CT molecular complexity index is 737. The molecule has 1 amide bonds. The Morgan fingerprint density at radius 3 is 2.29 bits per heavy atom. The highest BCUT2D eigenvalue weighted by Gasteiger charge is 2.12. The molecule has 0 heterocycles. The van der Waals surface area contributed by atoms with Gasteiger partial charge >= 0.3 is 0 Å². The van der Waals surface area contributed by atoms with Crippen molar-refractivity contribution in [2.45, 2.75) is 0 Å². The number of benzene rings is 2. The molecule has 0 unspecified atom stereocenters. The Kier molecular flexibility index (Phi) is 5.73. The van der Waals surface area contributed by atoms with Crippen molar-refractivity contribution in [1.29, 1.82) is 0 Å². The van der Waals surface area contributed by atoms with Crippen LogP contribution in [0.25, 0.3) is 0 Å². The largest absolute Gasteiger partial charge is 0.493 e. The van der Waals surface area contributed by atoms with Gasteiger partial charge in [-0.2, -0.15) is 5.10 Å². The molecular formula is C17H17FN2O4. The van der Waals surface area contributed by atoms with Crippen molar-refractivity contribution in [3.8, 4) is 17.2 Å². The molecule has 2 rings (SSSR count). The highest BCUT2D eigenvalue weighted by atomic mass is 19.1. The molecule has 0 saturated heterocycles. The SMILES string of the molecule is COc1cc(/C=N\NC(=O)c2cccc(F)c2)cc(OC)c1OC. The lowest BCUT2D eigenvalue weighted by Gasteiger charge is -2.12. The molecule has 6 nitrogen and oxygen atoms in total. The summed E-state index contributed by atoms with van der Waals surface area (Å²) in [5.41, 5.74) is 3.14. The molecular weight excluding hydrogens is 315 g/mol. The molecule has 1 N–H and O–H groups in total. The first-order valence-electron chi connectivity index (χ1n) is 6.98. The first-order valence-corrected chi connectivity index (χ1v) is 6.98. The van der Waals surface area contributed by atoms with Crippen molar-refractivity contribution in [2.24, 2.45) is 5.10 Å². The lowest BCUT2D eigenvalue weighted by atomic mass is 10.2. The van der Waals surface area contributed by atoms with Crippen molar-refractivity contribution >= 4 is 12.1 Å².